The molecule has 18 heavy (non-hydrogen) atoms. The van der Waals surface area contributed by atoms with Gasteiger partial charge in [-0.3, -0.25) is 4.79 Å². The first-order chi connectivity index (χ1) is 8.59. The van der Waals surface area contributed by atoms with Crippen LogP contribution in [0.3, 0.4) is 0 Å². The molecule has 0 aromatic heterocycles. The second-order valence-corrected chi connectivity index (χ2v) is 4.60. The van der Waals surface area contributed by atoms with Gasteiger partial charge in [-0.2, -0.15) is 0 Å². The third-order valence-corrected chi connectivity index (χ3v) is 3.40. The van der Waals surface area contributed by atoms with Gasteiger partial charge in [-0.05, 0) is 44.1 Å². The Kier molecular flexibility index (Phi) is 3.72. The lowest BCUT2D eigenvalue weighted by atomic mass is 10.0. The molecule has 3 N–H and O–H groups in total. The molecule has 1 aliphatic heterocycles. The van der Waals surface area contributed by atoms with Gasteiger partial charge in [0, 0.05) is 18.7 Å². The topological polar surface area (TPSA) is 72.8 Å². The summed E-state index contributed by atoms with van der Waals surface area (Å²) < 4.78 is 0. The number of rotatable bonds is 2. The van der Waals surface area contributed by atoms with Crippen molar-refractivity contribution in [2.75, 3.05) is 20.1 Å². The molecule has 1 amide bonds. The summed E-state index contributed by atoms with van der Waals surface area (Å²) in [6.07, 6.45) is 1.87. The van der Waals surface area contributed by atoms with Crippen molar-refractivity contribution in [3.63, 3.8) is 0 Å². The Morgan fingerprint density at radius 3 is 2.56 bits per heavy atom. The number of hydrogen-bond donors (Lipinski definition) is 3. The molecular formula is C13H18N2O3. The Hall–Kier alpha value is -1.75. The highest BCUT2D eigenvalue weighted by Gasteiger charge is 2.23. The van der Waals surface area contributed by atoms with Crippen LogP contribution in [0.2, 0.25) is 0 Å². The Morgan fingerprint density at radius 1 is 1.28 bits per heavy atom. The van der Waals surface area contributed by atoms with E-state index in [-0.39, 0.29) is 23.4 Å². The number of nitrogens with zero attached hydrogens (tertiary/aromatic N) is 1. The number of benzene rings is 1. The molecule has 0 spiro atoms. The maximum Gasteiger partial charge on any atom is 0.253 e. The first-order valence-electron chi connectivity index (χ1n) is 6.09. The van der Waals surface area contributed by atoms with Gasteiger partial charge >= 0.3 is 0 Å². The van der Waals surface area contributed by atoms with E-state index in [1.165, 1.54) is 18.2 Å². The fraction of sp³-hybridized carbons (Fsp3) is 0.462. The van der Waals surface area contributed by atoms with Crippen LogP contribution in [-0.4, -0.2) is 47.2 Å². The van der Waals surface area contributed by atoms with Gasteiger partial charge in [0.15, 0.2) is 11.5 Å². The van der Waals surface area contributed by atoms with Crippen molar-refractivity contribution in [2.45, 2.75) is 18.9 Å². The molecule has 1 aromatic carbocycles. The van der Waals surface area contributed by atoms with E-state index in [9.17, 15) is 15.0 Å². The number of carbonyl (C=O) groups excluding carboxylic acids is 1. The zero-order valence-corrected chi connectivity index (χ0v) is 10.4. The van der Waals surface area contributed by atoms with E-state index in [1.807, 2.05) is 0 Å². The molecular weight excluding hydrogens is 232 g/mol. The fourth-order valence-electron chi connectivity index (χ4n) is 2.22. The lowest BCUT2D eigenvalue weighted by Gasteiger charge is -2.31. The van der Waals surface area contributed by atoms with Crippen molar-refractivity contribution in [1.29, 1.82) is 0 Å². The Bertz CT molecular complexity index is 442. The lowest BCUT2D eigenvalue weighted by molar-refractivity contribution is 0.0703. The molecule has 98 valence electrons. The summed E-state index contributed by atoms with van der Waals surface area (Å²) in [5.74, 6) is -0.604. The van der Waals surface area contributed by atoms with Gasteiger partial charge in [0.2, 0.25) is 0 Å². The molecule has 0 unspecified atom stereocenters. The van der Waals surface area contributed by atoms with E-state index in [2.05, 4.69) is 5.32 Å². The third kappa shape index (κ3) is 2.56. The maximum atomic E-state index is 12.2. The first kappa shape index (κ1) is 12.7. The molecule has 5 nitrogen and oxygen atoms in total. The van der Waals surface area contributed by atoms with E-state index < -0.39 is 0 Å². The summed E-state index contributed by atoms with van der Waals surface area (Å²) in [6, 6.07) is 4.39. The van der Waals surface area contributed by atoms with E-state index >= 15 is 0 Å². The molecule has 1 heterocycles. The van der Waals surface area contributed by atoms with Crippen molar-refractivity contribution < 1.29 is 15.0 Å². The minimum absolute atomic E-state index is 0.128. The summed E-state index contributed by atoms with van der Waals surface area (Å²) in [5, 5.41) is 21.9. The highest BCUT2D eigenvalue weighted by molar-refractivity contribution is 5.94. The number of hydrogen-bond acceptors (Lipinski definition) is 4. The number of nitrogens with one attached hydrogen (secondary N) is 1. The second kappa shape index (κ2) is 5.27. The van der Waals surface area contributed by atoms with Crippen LogP contribution >= 0.6 is 0 Å². The van der Waals surface area contributed by atoms with E-state index in [0.29, 0.717) is 5.56 Å². The minimum atomic E-state index is -0.264. The van der Waals surface area contributed by atoms with Gasteiger partial charge in [0.05, 0.1) is 0 Å². The standard InChI is InChI=1S/C13H18N2O3/c1-15(10-4-6-14-7-5-10)13(18)9-2-3-11(16)12(17)8-9/h2-3,8,10,14,16-17H,4-7H2,1H3. The molecule has 0 aliphatic carbocycles. The van der Waals surface area contributed by atoms with Crippen LogP contribution in [0.5, 0.6) is 11.5 Å². The van der Waals surface area contributed by atoms with E-state index in [4.69, 9.17) is 0 Å². The van der Waals surface area contributed by atoms with Crippen molar-refractivity contribution >= 4 is 5.91 Å². The molecule has 0 bridgehead atoms. The van der Waals surface area contributed by atoms with Crippen LogP contribution in [0.25, 0.3) is 0 Å². The minimum Gasteiger partial charge on any atom is -0.504 e. The molecule has 5 heteroatoms. The van der Waals surface area contributed by atoms with Gasteiger partial charge < -0.3 is 20.4 Å². The molecule has 1 aliphatic rings. The van der Waals surface area contributed by atoms with Crippen LogP contribution < -0.4 is 5.32 Å². The quantitative estimate of drug-likeness (QED) is 0.682. The monoisotopic (exact) mass is 250 g/mol. The molecule has 1 fully saturated rings. The Labute approximate surface area is 106 Å². The number of carbonyl (C=O) groups is 1. The van der Waals surface area contributed by atoms with Gasteiger partial charge in [0.1, 0.15) is 0 Å². The summed E-state index contributed by atoms with van der Waals surface area (Å²) in [5.41, 5.74) is 0.395. The SMILES string of the molecule is CN(C(=O)c1ccc(O)c(O)c1)C1CCNCC1. The molecule has 1 aromatic rings. The normalized spacial score (nSPS) is 16.5. The first-order valence-corrected chi connectivity index (χ1v) is 6.09. The Morgan fingerprint density at radius 2 is 1.94 bits per heavy atom. The van der Waals surface area contributed by atoms with Crippen LogP contribution in [0.4, 0.5) is 0 Å². The average molecular weight is 250 g/mol. The maximum absolute atomic E-state index is 12.2. The number of phenolic OH excluding ortho intramolecular Hbond substituents is 2. The van der Waals surface area contributed by atoms with Crippen molar-refractivity contribution in [2.24, 2.45) is 0 Å². The van der Waals surface area contributed by atoms with Gasteiger partial charge in [-0.25, -0.2) is 0 Å². The van der Waals surface area contributed by atoms with Crippen LogP contribution in [0.1, 0.15) is 23.2 Å². The molecule has 0 radical (unpaired) electrons. The Balaban J connectivity index is 2.11. The highest BCUT2D eigenvalue weighted by atomic mass is 16.3. The second-order valence-electron chi connectivity index (χ2n) is 4.60. The number of piperidine rings is 1. The number of phenols is 2. The largest absolute Gasteiger partial charge is 0.504 e. The average Bonchev–Trinajstić information content (AvgIpc) is 2.41. The summed E-state index contributed by atoms with van der Waals surface area (Å²) in [4.78, 5) is 13.9. The zero-order valence-electron chi connectivity index (χ0n) is 10.4. The smallest absolute Gasteiger partial charge is 0.253 e. The number of amides is 1. The van der Waals surface area contributed by atoms with Crippen LogP contribution in [0.15, 0.2) is 18.2 Å². The van der Waals surface area contributed by atoms with Crippen molar-refractivity contribution in [1.82, 2.24) is 10.2 Å². The molecule has 2 rings (SSSR count). The third-order valence-electron chi connectivity index (χ3n) is 3.40. The molecule has 1 saturated heterocycles. The fourth-order valence-corrected chi connectivity index (χ4v) is 2.22. The summed E-state index contributed by atoms with van der Waals surface area (Å²) >= 11 is 0. The lowest BCUT2D eigenvalue weighted by Crippen LogP contribution is -2.43. The van der Waals surface area contributed by atoms with Crippen LogP contribution in [-0.2, 0) is 0 Å². The van der Waals surface area contributed by atoms with E-state index in [1.54, 1.807) is 11.9 Å². The summed E-state index contributed by atoms with van der Waals surface area (Å²) in [7, 11) is 1.78. The van der Waals surface area contributed by atoms with Gasteiger partial charge in [0.25, 0.3) is 5.91 Å². The van der Waals surface area contributed by atoms with Crippen molar-refractivity contribution in [3.8, 4) is 11.5 Å². The predicted octanol–water partition coefficient (Wildman–Crippen LogP) is 0.922. The molecule has 0 saturated carbocycles. The summed E-state index contributed by atoms with van der Waals surface area (Å²) in [6.45, 7) is 1.84. The molecule has 0 atom stereocenters. The van der Waals surface area contributed by atoms with Crippen LogP contribution in [0, 0.1) is 0 Å². The number of aromatic hydroxyl groups is 2. The van der Waals surface area contributed by atoms with Gasteiger partial charge in [-0.15, -0.1) is 0 Å². The zero-order chi connectivity index (χ0) is 13.1. The van der Waals surface area contributed by atoms with Gasteiger partial charge in [-0.1, -0.05) is 0 Å². The predicted molar refractivity (Wildman–Crippen MR) is 67.8 cm³/mol. The van der Waals surface area contributed by atoms with E-state index in [0.717, 1.165) is 25.9 Å². The van der Waals surface area contributed by atoms with Crippen molar-refractivity contribution in [3.05, 3.63) is 23.8 Å². The highest BCUT2D eigenvalue weighted by Crippen LogP contribution is 2.26.